The lowest BCUT2D eigenvalue weighted by Crippen LogP contribution is -2.48. The van der Waals surface area contributed by atoms with E-state index < -0.39 is 0 Å². The van der Waals surface area contributed by atoms with E-state index in [1.165, 1.54) is 5.56 Å². The van der Waals surface area contributed by atoms with E-state index in [0.29, 0.717) is 44.1 Å². The molecule has 2 amide bonds. The van der Waals surface area contributed by atoms with Gasteiger partial charge in [-0.15, -0.1) is 0 Å². The van der Waals surface area contributed by atoms with Crippen LogP contribution in [0.15, 0.2) is 60.7 Å². The van der Waals surface area contributed by atoms with Gasteiger partial charge in [-0.1, -0.05) is 48.5 Å². The molecule has 176 valence electrons. The van der Waals surface area contributed by atoms with Gasteiger partial charge in [-0.3, -0.25) is 19.2 Å². The van der Waals surface area contributed by atoms with Crippen LogP contribution in [0.25, 0.3) is 0 Å². The Morgan fingerprint density at radius 3 is 2.41 bits per heavy atom. The van der Waals surface area contributed by atoms with Crippen molar-refractivity contribution in [1.82, 2.24) is 24.5 Å². The van der Waals surface area contributed by atoms with Crippen molar-refractivity contribution in [3.8, 4) is 5.75 Å². The lowest BCUT2D eigenvalue weighted by Gasteiger charge is -2.34. The number of piperazine rings is 1. The minimum atomic E-state index is -0.114. The van der Waals surface area contributed by atoms with Crippen molar-refractivity contribution < 1.29 is 14.3 Å². The van der Waals surface area contributed by atoms with E-state index >= 15 is 0 Å². The fourth-order valence-corrected chi connectivity index (χ4v) is 4.65. The van der Waals surface area contributed by atoms with Gasteiger partial charge >= 0.3 is 0 Å². The first-order chi connectivity index (χ1) is 16.6. The van der Waals surface area contributed by atoms with Crippen LogP contribution in [-0.4, -0.2) is 76.1 Å². The summed E-state index contributed by atoms with van der Waals surface area (Å²) in [7, 11) is 1.63. The van der Waals surface area contributed by atoms with E-state index in [1.54, 1.807) is 22.8 Å². The number of amides is 2. The van der Waals surface area contributed by atoms with Crippen molar-refractivity contribution in [1.29, 1.82) is 0 Å². The summed E-state index contributed by atoms with van der Waals surface area (Å²) in [4.78, 5) is 32.3. The quantitative estimate of drug-likeness (QED) is 0.567. The van der Waals surface area contributed by atoms with E-state index in [-0.39, 0.29) is 11.8 Å². The summed E-state index contributed by atoms with van der Waals surface area (Å²) in [6.45, 7) is 5.40. The summed E-state index contributed by atoms with van der Waals surface area (Å²) < 4.78 is 7.09. The molecule has 1 fully saturated rings. The van der Waals surface area contributed by atoms with Crippen molar-refractivity contribution in [3.05, 3.63) is 83.2 Å². The Morgan fingerprint density at radius 1 is 0.912 bits per heavy atom. The molecule has 2 aliphatic heterocycles. The van der Waals surface area contributed by atoms with E-state index in [4.69, 9.17) is 4.74 Å². The summed E-state index contributed by atoms with van der Waals surface area (Å²) in [5.41, 5.74) is 3.04. The standard InChI is InChI=1S/C26H29N5O3/c1-34-24-10-6-5-9-21(24)19-30-15-16-31-23(26(30)33)17-22(27-31)25(32)29-13-11-28(12-14-29)18-20-7-3-2-4-8-20/h2-10,17H,11-16,18-19H2,1H3. The van der Waals surface area contributed by atoms with Crippen LogP contribution < -0.4 is 4.74 Å². The molecule has 2 aromatic carbocycles. The van der Waals surface area contributed by atoms with Crippen LogP contribution >= 0.6 is 0 Å². The third kappa shape index (κ3) is 4.54. The van der Waals surface area contributed by atoms with Gasteiger partial charge < -0.3 is 14.5 Å². The SMILES string of the molecule is COc1ccccc1CN1CCn2nc(C(=O)N3CCN(Cc4ccccc4)CC3)cc2C1=O. The molecule has 0 aliphatic carbocycles. The smallest absolute Gasteiger partial charge is 0.274 e. The molecule has 0 atom stereocenters. The van der Waals surface area contributed by atoms with Gasteiger partial charge in [0, 0.05) is 57.4 Å². The van der Waals surface area contributed by atoms with Crippen molar-refractivity contribution in [3.63, 3.8) is 0 Å². The summed E-state index contributed by atoms with van der Waals surface area (Å²) >= 11 is 0. The summed E-state index contributed by atoms with van der Waals surface area (Å²) in [6.07, 6.45) is 0. The molecule has 0 N–H and O–H groups in total. The fourth-order valence-electron chi connectivity index (χ4n) is 4.65. The van der Waals surface area contributed by atoms with Gasteiger partial charge in [0.15, 0.2) is 5.69 Å². The zero-order valence-corrected chi connectivity index (χ0v) is 19.4. The molecule has 0 unspecified atom stereocenters. The Kier molecular flexibility index (Phi) is 6.31. The molecule has 2 aliphatic rings. The number of aromatic nitrogens is 2. The Balaban J connectivity index is 1.22. The molecule has 8 nitrogen and oxygen atoms in total. The molecule has 0 saturated carbocycles. The van der Waals surface area contributed by atoms with Crippen molar-refractivity contribution in [2.75, 3.05) is 39.8 Å². The molecule has 34 heavy (non-hydrogen) atoms. The van der Waals surface area contributed by atoms with Gasteiger partial charge in [0.05, 0.1) is 13.7 Å². The van der Waals surface area contributed by atoms with Gasteiger partial charge in [0.25, 0.3) is 11.8 Å². The number of hydrogen-bond donors (Lipinski definition) is 0. The molecule has 8 heteroatoms. The number of benzene rings is 2. The summed E-state index contributed by atoms with van der Waals surface area (Å²) in [6, 6.07) is 19.7. The third-order valence-corrected chi connectivity index (χ3v) is 6.55. The first-order valence-corrected chi connectivity index (χ1v) is 11.7. The Hall–Kier alpha value is -3.65. The summed E-state index contributed by atoms with van der Waals surface area (Å²) in [5.74, 6) is 0.540. The molecule has 1 aromatic heterocycles. The van der Waals surface area contributed by atoms with Crippen molar-refractivity contribution in [2.24, 2.45) is 0 Å². The second kappa shape index (κ2) is 9.69. The highest BCUT2D eigenvalue weighted by atomic mass is 16.5. The first kappa shape index (κ1) is 22.2. The van der Waals surface area contributed by atoms with Gasteiger partial charge in [-0.05, 0) is 11.6 Å². The highest BCUT2D eigenvalue weighted by Crippen LogP contribution is 2.23. The maximum absolute atomic E-state index is 13.1. The number of nitrogens with zero attached hydrogens (tertiary/aromatic N) is 5. The molecular formula is C26H29N5O3. The monoisotopic (exact) mass is 459 g/mol. The van der Waals surface area contributed by atoms with Crippen LogP contribution in [0.4, 0.5) is 0 Å². The van der Waals surface area contributed by atoms with Crippen molar-refractivity contribution in [2.45, 2.75) is 19.6 Å². The summed E-state index contributed by atoms with van der Waals surface area (Å²) in [5, 5.41) is 4.48. The zero-order valence-electron chi connectivity index (χ0n) is 19.4. The minimum Gasteiger partial charge on any atom is -0.496 e. The highest BCUT2D eigenvalue weighted by Gasteiger charge is 2.30. The Morgan fingerprint density at radius 2 is 1.65 bits per heavy atom. The van der Waals surface area contributed by atoms with E-state index in [1.807, 2.05) is 47.4 Å². The van der Waals surface area contributed by atoms with Crippen molar-refractivity contribution >= 4 is 11.8 Å². The van der Waals surface area contributed by atoms with E-state index in [9.17, 15) is 9.59 Å². The van der Waals surface area contributed by atoms with E-state index in [2.05, 4.69) is 22.1 Å². The lowest BCUT2D eigenvalue weighted by molar-refractivity contribution is 0.0619. The van der Waals surface area contributed by atoms with Crippen LogP contribution in [0.1, 0.15) is 32.1 Å². The average molecular weight is 460 g/mol. The van der Waals surface area contributed by atoms with Crippen LogP contribution in [0.5, 0.6) is 5.75 Å². The highest BCUT2D eigenvalue weighted by molar-refractivity contribution is 5.98. The normalized spacial score (nSPS) is 16.4. The number of para-hydroxylation sites is 1. The van der Waals surface area contributed by atoms with Gasteiger partial charge in [0.1, 0.15) is 11.4 Å². The maximum atomic E-state index is 13.1. The van der Waals surface area contributed by atoms with E-state index in [0.717, 1.165) is 30.9 Å². The number of carbonyl (C=O) groups excluding carboxylic acids is 2. The predicted molar refractivity (Wildman–Crippen MR) is 128 cm³/mol. The molecule has 0 bridgehead atoms. The minimum absolute atomic E-state index is 0.106. The second-order valence-corrected chi connectivity index (χ2v) is 8.73. The number of methoxy groups -OCH3 is 1. The zero-order chi connectivity index (χ0) is 23.5. The molecule has 3 aromatic rings. The molecular weight excluding hydrogens is 430 g/mol. The largest absolute Gasteiger partial charge is 0.496 e. The van der Waals surface area contributed by atoms with Crippen LogP contribution in [-0.2, 0) is 19.6 Å². The number of rotatable bonds is 6. The number of hydrogen-bond acceptors (Lipinski definition) is 5. The molecule has 5 rings (SSSR count). The number of carbonyl (C=O) groups is 2. The van der Waals surface area contributed by atoms with Crippen LogP contribution in [0.3, 0.4) is 0 Å². The average Bonchev–Trinajstić information content (AvgIpc) is 3.32. The van der Waals surface area contributed by atoms with Crippen LogP contribution in [0.2, 0.25) is 0 Å². The molecule has 3 heterocycles. The first-order valence-electron chi connectivity index (χ1n) is 11.7. The second-order valence-electron chi connectivity index (χ2n) is 8.73. The number of fused-ring (bicyclic) bond motifs is 1. The third-order valence-electron chi connectivity index (χ3n) is 6.55. The van der Waals surface area contributed by atoms with Gasteiger partial charge in [-0.2, -0.15) is 5.10 Å². The molecule has 0 radical (unpaired) electrons. The van der Waals surface area contributed by atoms with Gasteiger partial charge in [0.2, 0.25) is 0 Å². The van der Waals surface area contributed by atoms with Gasteiger partial charge in [-0.25, -0.2) is 0 Å². The lowest BCUT2D eigenvalue weighted by atomic mass is 10.1. The predicted octanol–water partition coefficient (Wildman–Crippen LogP) is 2.51. The van der Waals surface area contributed by atoms with Crippen LogP contribution in [0, 0.1) is 0 Å². The fraction of sp³-hybridized carbons (Fsp3) is 0.346. The Labute approximate surface area is 199 Å². The Bertz CT molecular complexity index is 1170. The molecule has 0 spiro atoms. The molecule has 1 saturated heterocycles. The number of ether oxygens (including phenoxy) is 1. The maximum Gasteiger partial charge on any atom is 0.274 e. The topological polar surface area (TPSA) is 70.9 Å².